The first-order valence-corrected chi connectivity index (χ1v) is 8.70. The summed E-state index contributed by atoms with van der Waals surface area (Å²) in [5, 5.41) is 3.77. The van der Waals surface area contributed by atoms with Crippen molar-refractivity contribution in [2.24, 2.45) is 11.3 Å². The van der Waals surface area contributed by atoms with Crippen LogP contribution in [0.25, 0.3) is 0 Å². The standard InChI is InChI=1S/C15H32N2S/c1-12(2)9-13-10-16-14(15(3,4)5)11-17(13)7-8-18-6/h12-14,16H,7-11H2,1-6H3. The van der Waals surface area contributed by atoms with Crippen LogP contribution >= 0.6 is 11.8 Å². The molecule has 1 rings (SSSR count). The Morgan fingerprint density at radius 3 is 2.50 bits per heavy atom. The lowest BCUT2D eigenvalue weighted by molar-refractivity contribution is 0.0807. The molecule has 1 aliphatic rings. The summed E-state index contributed by atoms with van der Waals surface area (Å²) < 4.78 is 0. The van der Waals surface area contributed by atoms with Crippen molar-refractivity contribution in [3.05, 3.63) is 0 Å². The summed E-state index contributed by atoms with van der Waals surface area (Å²) in [6.07, 6.45) is 3.53. The van der Waals surface area contributed by atoms with Gasteiger partial charge in [-0.3, -0.25) is 4.90 Å². The Kier molecular flexibility index (Phi) is 6.49. The fraction of sp³-hybridized carbons (Fsp3) is 1.00. The van der Waals surface area contributed by atoms with Gasteiger partial charge in [-0.2, -0.15) is 11.8 Å². The molecule has 0 amide bonds. The van der Waals surface area contributed by atoms with Crippen molar-refractivity contribution in [2.45, 2.75) is 53.1 Å². The van der Waals surface area contributed by atoms with Crippen LogP contribution in [0, 0.1) is 11.3 Å². The maximum absolute atomic E-state index is 3.77. The lowest BCUT2D eigenvalue weighted by Crippen LogP contribution is -2.60. The Morgan fingerprint density at radius 1 is 1.33 bits per heavy atom. The summed E-state index contributed by atoms with van der Waals surface area (Å²) in [7, 11) is 0. The van der Waals surface area contributed by atoms with E-state index in [9.17, 15) is 0 Å². The number of hydrogen-bond acceptors (Lipinski definition) is 3. The maximum atomic E-state index is 3.77. The van der Waals surface area contributed by atoms with Gasteiger partial charge in [0.1, 0.15) is 0 Å². The molecule has 2 unspecified atom stereocenters. The fourth-order valence-electron chi connectivity index (χ4n) is 2.69. The molecule has 0 bridgehead atoms. The zero-order chi connectivity index (χ0) is 13.8. The third kappa shape index (κ3) is 5.10. The average Bonchev–Trinajstić information content (AvgIpc) is 2.25. The van der Waals surface area contributed by atoms with E-state index in [-0.39, 0.29) is 0 Å². The predicted octanol–water partition coefficient (Wildman–Crippen LogP) is 3.08. The molecule has 2 nitrogen and oxygen atoms in total. The van der Waals surface area contributed by atoms with E-state index in [1.165, 1.54) is 25.3 Å². The summed E-state index contributed by atoms with van der Waals surface area (Å²) in [6, 6.07) is 1.36. The van der Waals surface area contributed by atoms with Gasteiger partial charge in [-0.15, -0.1) is 0 Å². The molecule has 0 radical (unpaired) electrons. The van der Waals surface area contributed by atoms with Gasteiger partial charge in [0, 0.05) is 37.5 Å². The van der Waals surface area contributed by atoms with Crippen LogP contribution in [-0.2, 0) is 0 Å². The summed E-state index contributed by atoms with van der Waals surface area (Å²) in [5.74, 6) is 2.05. The van der Waals surface area contributed by atoms with Crippen molar-refractivity contribution >= 4 is 11.8 Å². The molecule has 0 saturated carbocycles. The number of piperazine rings is 1. The Morgan fingerprint density at radius 2 is 2.00 bits per heavy atom. The van der Waals surface area contributed by atoms with Gasteiger partial charge in [0.15, 0.2) is 0 Å². The summed E-state index contributed by atoms with van der Waals surface area (Å²) in [6.45, 7) is 15.3. The quantitative estimate of drug-likeness (QED) is 0.828. The van der Waals surface area contributed by atoms with Crippen LogP contribution in [0.3, 0.4) is 0 Å². The van der Waals surface area contributed by atoms with Crippen LogP contribution in [-0.4, -0.2) is 48.6 Å². The van der Waals surface area contributed by atoms with Crippen molar-refractivity contribution in [1.29, 1.82) is 0 Å². The highest BCUT2D eigenvalue weighted by Crippen LogP contribution is 2.25. The topological polar surface area (TPSA) is 15.3 Å². The highest BCUT2D eigenvalue weighted by atomic mass is 32.2. The van der Waals surface area contributed by atoms with Crippen LogP contribution in [0.4, 0.5) is 0 Å². The average molecular weight is 273 g/mol. The summed E-state index contributed by atoms with van der Waals surface area (Å²) >= 11 is 1.96. The zero-order valence-corrected chi connectivity index (χ0v) is 13.9. The van der Waals surface area contributed by atoms with E-state index in [0.29, 0.717) is 11.5 Å². The number of thioether (sulfide) groups is 1. The van der Waals surface area contributed by atoms with Gasteiger partial charge in [-0.1, -0.05) is 34.6 Å². The van der Waals surface area contributed by atoms with Gasteiger partial charge in [0.2, 0.25) is 0 Å². The molecule has 2 atom stereocenters. The number of nitrogens with one attached hydrogen (secondary N) is 1. The van der Waals surface area contributed by atoms with Gasteiger partial charge < -0.3 is 5.32 Å². The number of hydrogen-bond donors (Lipinski definition) is 1. The minimum absolute atomic E-state index is 0.362. The second-order valence-corrected chi connectivity index (χ2v) is 8.08. The van der Waals surface area contributed by atoms with E-state index in [2.05, 4.69) is 51.1 Å². The van der Waals surface area contributed by atoms with E-state index in [0.717, 1.165) is 18.5 Å². The van der Waals surface area contributed by atoms with Crippen molar-refractivity contribution in [1.82, 2.24) is 10.2 Å². The Hall–Kier alpha value is 0.270. The van der Waals surface area contributed by atoms with Gasteiger partial charge in [-0.05, 0) is 24.0 Å². The second kappa shape index (κ2) is 7.16. The van der Waals surface area contributed by atoms with Crippen LogP contribution in [0.2, 0.25) is 0 Å². The fourth-order valence-corrected chi connectivity index (χ4v) is 3.11. The molecule has 108 valence electrons. The minimum Gasteiger partial charge on any atom is -0.311 e. The van der Waals surface area contributed by atoms with Crippen LogP contribution in [0.15, 0.2) is 0 Å². The molecular formula is C15H32N2S. The largest absolute Gasteiger partial charge is 0.311 e. The van der Waals surface area contributed by atoms with E-state index in [1.54, 1.807) is 0 Å². The number of nitrogens with zero attached hydrogens (tertiary/aromatic N) is 1. The molecular weight excluding hydrogens is 240 g/mol. The molecule has 0 aromatic rings. The maximum Gasteiger partial charge on any atom is 0.0244 e. The van der Waals surface area contributed by atoms with E-state index in [1.807, 2.05) is 11.8 Å². The summed E-state index contributed by atoms with van der Waals surface area (Å²) in [5.41, 5.74) is 0.362. The smallest absolute Gasteiger partial charge is 0.0244 e. The Balaban J connectivity index is 2.60. The Labute approximate surface area is 118 Å². The molecule has 18 heavy (non-hydrogen) atoms. The highest BCUT2D eigenvalue weighted by molar-refractivity contribution is 7.98. The molecule has 3 heteroatoms. The molecule has 1 fully saturated rings. The third-order valence-electron chi connectivity index (χ3n) is 3.90. The normalized spacial score (nSPS) is 26.8. The molecule has 0 aromatic heterocycles. The first-order chi connectivity index (χ1) is 8.34. The first kappa shape index (κ1) is 16.3. The minimum atomic E-state index is 0.362. The van der Waals surface area contributed by atoms with Crippen molar-refractivity contribution in [2.75, 3.05) is 31.6 Å². The Bertz CT molecular complexity index is 235. The molecule has 1 saturated heterocycles. The van der Waals surface area contributed by atoms with Crippen LogP contribution in [0.1, 0.15) is 41.0 Å². The molecule has 1 N–H and O–H groups in total. The predicted molar refractivity (Wildman–Crippen MR) is 84.4 cm³/mol. The van der Waals surface area contributed by atoms with Gasteiger partial charge in [0.25, 0.3) is 0 Å². The van der Waals surface area contributed by atoms with E-state index >= 15 is 0 Å². The van der Waals surface area contributed by atoms with Crippen molar-refractivity contribution in [3.63, 3.8) is 0 Å². The summed E-state index contributed by atoms with van der Waals surface area (Å²) in [4.78, 5) is 2.73. The van der Waals surface area contributed by atoms with Crippen LogP contribution in [0.5, 0.6) is 0 Å². The van der Waals surface area contributed by atoms with Gasteiger partial charge >= 0.3 is 0 Å². The zero-order valence-electron chi connectivity index (χ0n) is 13.1. The molecule has 0 spiro atoms. The van der Waals surface area contributed by atoms with Crippen LogP contribution < -0.4 is 5.32 Å². The van der Waals surface area contributed by atoms with E-state index < -0.39 is 0 Å². The molecule has 0 aliphatic carbocycles. The highest BCUT2D eigenvalue weighted by Gasteiger charge is 2.33. The van der Waals surface area contributed by atoms with Gasteiger partial charge in [0.05, 0.1) is 0 Å². The monoisotopic (exact) mass is 272 g/mol. The van der Waals surface area contributed by atoms with Crippen molar-refractivity contribution < 1.29 is 0 Å². The first-order valence-electron chi connectivity index (χ1n) is 7.31. The lowest BCUT2D eigenvalue weighted by Gasteiger charge is -2.45. The lowest BCUT2D eigenvalue weighted by atomic mass is 9.84. The van der Waals surface area contributed by atoms with Crippen molar-refractivity contribution in [3.8, 4) is 0 Å². The van der Waals surface area contributed by atoms with Gasteiger partial charge in [-0.25, -0.2) is 0 Å². The molecule has 0 aromatic carbocycles. The molecule has 1 aliphatic heterocycles. The number of rotatable bonds is 5. The molecule has 1 heterocycles. The van der Waals surface area contributed by atoms with E-state index in [4.69, 9.17) is 0 Å². The third-order valence-corrected chi connectivity index (χ3v) is 4.50. The SMILES string of the molecule is CSCCN1CC(C(C)(C)C)NCC1CC(C)C. The second-order valence-electron chi connectivity index (χ2n) is 7.10.